The maximum Gasteiger partial charge on any atom is 0.140 e. The number of halogens is 2. The van der Waals surface area contributed by atoms with E-state index in [1.807, 2.05) is 24.3 Å². The number of hydrazine groups is 1. The van der Waals surface area contributed by atoms with Gasteiger partial charge in [-0.05, 0) is 40.2 Å². The predicted octanol–water partition coefficient (Wildman–Crippen LogP) is 4.08. The number of hydrogen-bond acceptors (Lipinski definition) is 4. The van der Waals surface area contributed by atoms with Gasteiger partial charge in [0.15, 0.2) is 0 Å². The molecule has 0 spiro atoms. The lowest BCUT2D eigenvalue weighted by molar-refractivity contribution is 1.14. The van der Waals surface area contributed by atoms with E-state index < -0.39 is 0 Å². The molecule has 0 saturated heterocycles. The number of anilines is 1. The fourth-order valence-corrected chi connectivity index (χ4v) is 3.15. The molecule has 0 unspecified atom stereocenters. The molecule has 1 aromatic heterocycles. The summed E-state index contributed by atoms with van der Waals surface area (Å²) in [6, 6.07) is 11.6. The van der Waals surface area contributed by atoms with Crippen molar-refractivity contribution in [3.63, 3.8) is 0 Å². The van der Waals surface area contributed by atoms with Crippen LogP contribution in [0.5, 0.6) is 0 Å². The minimum atomic E-state index is 0.613. The van der Waals surface area contributed by atoms with Crippen LogP contribution >= 0.6 is 39.3 Å². The summed E-state index contributed by atoms with van der Waals surface area (Å²) in [5.41, 5.74) is 3.33. The Balaban J connectivity index is 2.13. The molecule has 0 saturated carbocycles. The number of hydrogen-bond donors (Lipinski definition) is 2. The van der Waals surface area contributed by atoms with Gasteiger partial charge in [-0.3, -0.25) is 0 Å². The van der Waals surface area contributed by atoms with Crippen molar-refractivity contribution in [1.29, 1.82) is 0 Å². The third-order valence-electron chi connectivity index (χ3n) is 2.27. The van der Waals surface area contributed by atoms with Gasteiger partial charge in [0.2, 0.25) is 0 Å². The van der Waals surface area contributed by atoms with Crippen LogP contribution in [0.15, 0.2) is 45.8 Å². The second kappa shape index (κ2) is 6.43. The lowest BCUT2D eigenvalue weighted by atomic mass is 10.4. The number of pyridine rings is 1. The molecule has 6 heteroatoms. The van der Waals surface area contributed by atoms with E-state index in [0.717, 1.165) is 15.1 Å². The van der Waals surface area contributed by atoms with Gasteiger partial charge in [0.25, 0.3) is 0 Å². The Bertz CT molecular complexity index is 551. The molecule has 94 valence electrons. The minimum Gasteiger partial charge on any atom is -0.308 e. The number of nitrogens with one attached hydrogen (secondary N) is 1. The fourth-order valence-electron chi connectivity index (χ4n) is 1.37. The highest BCUT2D eigenvalue weighted by Gasteiger charge is 2.06. The number of benzene rings is 1. The van der Waals surface area contributed by atoms with Crippen molar-refractivity contribution in [2.45, 2.75) is 10.6 Å². The molecule has 2 rings (SSSR count). The van der Waals surface area contributed by atoms with Gasteiger partial charge in [0.1, 0.15) is 5.82 Å². The largest absolute Gasteiger partial charge is 0.308 e. The van der Waals surface area contributed by atoms with Crippen LogP contribution in [0.1, 0.15) is 5.69 Å². The highest BCUT2D eigenvalue weighted by molar-refractivity contribution is 9.10. The Morgan fingerprint density at radius 2 is 2.06 bits per heavy atom. The number of thioether (sulfide) groups is 1. The van der Waals surface area contributed by atoms with E-state index in [1.165, 1.54) is 0 Å². The lowest BCUT2D eigenvalue weighted by Gasteiger charge is -2.07. The molecule has 0 amide bonds. The molecule has 0 radical (unpaired) electrons. The molecule has 0 fully saturated rings. The summed E-state index contributed by atoms with van der Waals surface area (Å²) >= 11 is 11.3. The van der Waals surface area contributed by atoms with E-state index in [-0.39, 0.29) is 0 Å². The van der Waals surface area contributed by atoms with E-state index >= 15 is 0 Å². The summed E-state index contributed by atoms with van der Waals surface area (Å²) in [7, 11) is 0. The molecule has 0 atom stereocenters. The van der Waals surface area contributed by atoms with Crippen LogP contribution in [0.2, 0.25) is 5.02 Å². The van der Waals surface area contributed by atoms with Crippen LogP contribution in [0, 0.1) is 0 Å². The normalized spacial score (nSPS) is 10.4. The first kappa shape index (κ1) is 13.7. The van der Waals surface area contributed by atoms with Crippen molar-refractivity contribution >= 4 is 45.1 Å². The van der Waals surface area contributed by atoms with Crippen molar-refractivity contribution < 1.29 is 0 Å². The molecule has 3 N–H and O–H groups in total. The molecule has 0 aliphatic carbocycles. The Morgan fingerprint density at radius 1 is 1.28 bits per heavy atom. The number of nitrogens with zero attached hydrogens (tertiary/aromatic N) is 1. The summed E-state index contributed by atoms with van der Waals surface area (Å²) < 4.78 is 1.07. The Kier molecular flexibility index (Phi) is 4.88. The second-order valence-corrected chi connectivity index (χ2v) is 5.77. The molecule has 0 aliphatic heterocycles. The first-order chi connectivity index (χ1) is 8.70. The van der Waals surface area contributed by atoms with Gasteiger partial charge in [-0.2, -0.15) is 0 Å². The van der Waals surface area contributed by atoms with Crippen LogP contribution in [0.4, 0.5) is 5.82 Å². The zero-order chi connectivity index (χ0) is 13.0. The maximum atomic E-state index is 6.10. The molecule has 0 bridgehead atoms. The highest BCUT2D eigenvalue weighted by atomic mass is 79.9. The Morgan fingerprint density at radius 3 is 2.78 bits per heavy atom. The lowest BCUT2D eigenvalue weighted by Crippen LogP contribution is -2.09. The molecular weight excluding hydrogens is 334 g/mol. The van der Waals surface area contributed by atoms with E-state index in [0.29, 0.717) is 16.6 Å². The van der Waals surface area contributed by atoms with Crippen LogP contribution in [0.25, 0.3) is 0 Å². The van der Waals surface area contributed by atoms with Crippen LogP contribution in [-0.2, 0) is 5.75 Å². The maximum absolute atomic E-state index is 6.10. The molecule has 18 heavy (non-hydrogen) atoms. The number of aromatic nitrogens is 1. The summed E-state index contributed by atoms with van der Waals surface area (Å²) in [5.74, 6) is 6.63. The van der Waals surface area contributed by atoms with Crippen molar-refractivity contribution in [3.05, 3.63) is 51.6 Å². The standard InChI is InChI=1S/C12H11BrClN3S/c13-8-3-1-2-4-11(8)18-7-10-9(14)5-6-12(16-10)17-15/h1-6H,7,15H2,(H,16,17). The fraction of sp³-hybridized carbons (Fsp3) is 0.0833. The summed E-state index contributed by atoms with van der Waals surface area (Å²) in [4.78, 5) is 5.49. The Hall–Kier alpha value is -0.750. The third kappa shape index (κ3) is 3.38. The van der Waals surface area contributed by atoms with Gasteiger partial charge < -0.3 is 5.43 Å². The smallest absolute Gasteiger partial charge is 0.140 e. The average Bonchev–Trinajstić information content (AvgIpc) is 2.39. The van der Waals surface area contributed by atoms with Crippen molar-refractivity contribution in [2.75, 3.05) is 5.43 Å². The van der Waals surface area contributed by atoms with E-state index in [1.54, 1.807) is 23.9 Å². The summed E-state index contributed by atoms with van der Waals surface area (Å²) in [6.45, 7) is 0. The number of nitrogens with two attached hydrogens (primary N) is 1. The number of nitrogen functional groups attached to an aromatic ring is 1. The minimum absolute atomic E-state index is 0.613. The van der Waals surface area contributed by atoms with Crippen LogP contribution < -0.4 is 11.3 Å². The zero-order valence-corrected chi connectivity index (χ0v) is 12.5. The highest BCUT2D eigenvalue weighted by Crippen LogP contribution is 2.31. The summed E-state index contributed by atoms with van der Waals surface area (Å²) in [5, 5.41) is 0.647. The molecular formula is C12H11BrClN3S. The molecule has 2 aromatic rings. The first-order valence-electron chi connectivity index (χ1n) is 5.20. The molecule has 3 nitrogen and oxygen atoms in total. The van der Waals surface area contributed by atoms with Crippen molar-refractivity contribution in [2.24, 2.45) is 5.84 Å². The van der Waals surface area contributed by atoms with Gasteiger partial charge in [-0.15, -0.1) is 11.8 Å². The first-order valence-corrected chi connectivity index (χ1v) is 7.35. The number of rotatable bonds is 4. The topological polar surface area (TPSA) is 50.9 Å². The third-order valence-corrected chi connectivity index (χ3v) is 4.65. The van der Waals surface area contributed by atoms with E-state index in [9.17, 15) is 0 Å². The average molecular weight is 345 g/mol. The van der Waals surface area contributed by atoms with Gasteiger partial charge in [-0.25, -0.2) is 10.8 Å². The SMILES string of the molecule is NNc1ccc(Cl)c(CSc2ccccc2Br)n1. The summed E-state index contributed by atoms with van der Waals surface area (Å²) in [6.07, 6.45) is 0. The van der Waals surface area contributed by atoms with Gasteiger partial charge in [0, 0.05) is 15.1 Å². The van der Waals surface area contributed by atoms with Gasteiger partial charge in [-0.1, -0.05) is 23.7 Å². The molecule has 1 heterocycles. The van der Waals surface area contributed by atoms with E-state index in [4.69, 9.17) is 17.4 Å². The van der Waals surface area contributed by atoms with E-state index in [2.05, 4.69) is 26.3 Å². The predicted molar refractivity (Wildman–Crippen MR) is 80.8 cm³/mol. The molecule has 0 aliphatic rings. The van der Waals surface area contributed by atoms with Crippen LogP contribution in [-0.4, -0.2) is 4.98 Å². The molecule has 1 aromatic carbocycles. The van der Waals surface area contributed by atoms with Crippen molar-refractivity contribution in [1.82, 2.24) is 4.98 Å². The Labute approximate surface area is 123 Å². The monoisotopic (exact) mass is 343 g/mol. The zero-order valence-electron chi connectivity index (χ0n) is 9.36. The van der Waals surface area contributed by atoms with Crippen LogP contribution in [0.3, 0.4) is 0 Å². The van der Waals surface area contributed by atoms with Gasteiger partial charge >= 0.3 is 0 Å². The van der Waals surface area contributed by atoms with Gasteiger partial charge in [0.05, 0.1) is 10.7 Å². The van der Waals surface area contributed by atoms with Crippen molar-refractivity contribution in [3.8, 4) is 0 Å². The second-order valence-electron chi connectivity index (χ2n) is 3.49. The quantitative estimate of drug-likeness (QED) is 0.498.